The Bertz CT molecular complexity index is 517. The standard InChI is InChI=1S/C13H19N3O4/c1-8-6-10(12(14)11(7-8)16(19)20)13(18)15-9(2)4-3-5-17/h6-7,9,17H,3-5,14H2,1-2H3,(H,15,18). The third kappa shape index (κ3) is 3.92. The summed E-state index contributed by atoms with van der Waals surface area (Å²) in [5.74, 6) is -0.445. The van der Waals surface area contributed by atoms with Crippen LogP contribution in [-0.2, 0) is 0 Å². The molecule has 110 valence electrons. The van der Waals surface area contributed by atoms with E-state index < -0.39 is 10.8 Å². The number of nitro benzene ring substituents is 1. The molecule has 0 saturated heterocycles. The van der Waals surface area contributed by atoms with E-state index in [-0.39, 0.29) is 29.6 Å². The SMILES string of the molecule is Cc1cc(C(=O)NC(C)CCCO)c(N)c([N+](=O)[O-])c1. The number of aliphatic hydroxyl groups excluding tert-OH is 1. The van der Waals surface area contributed by atoms with Crippen LogP contribution in [0.5, 0.6) is 0 Å². The van der Waals surface area contributed by atoms with E-state index in [1.165, 1.54) is 12.1 Å². The van der Waals surface area contributed by atoms with Gasteiger partial charge in [0, 0.05) is 18.7 Å². The van der Waals surface area contributed by atoms with E-state index in [1.54, 1.807) is 13.8 Å². The topological polar surface area (TPSA) is 118 Å². The quantitative estimate of drug-likeness (QED) is 0.413. The number of nitrogens with one attached hydrogen (secondary N) is 1. The predicted molar refractivity (Wildman–Crippen MR) is 75.5 cm³/mol. The third-order valence-electron chi connectivity index (χ3n) is 2.92. The molecule has 0 spiro atoms. The number of carbonyl (C=O) groups excluding carboxylic acids is 1. The molecule has 1 unspecified atom stereocenters. The Labute approximate surface area is 116 Å². The van der Waals surface area contributed by atoms with Crippen molar-refractivity contribution < 1.29 is 14.8 Å². The van der Waals surface area contributed by atoms with Crippen molar-refractivity contribution in [2.45, 2.75) is 32.7 Å². The number of nitrogens with two attached hydrogens (primary N) is 1. The highest BCUT2D eigenvalue weighted by Crippen LogP contribution is 2.27. The van der Waals surface area contributed by atoms with Crippen LogP contribution in [0.3, 0.4) is 0 Å². The number of hydrogen-bond acceptors (Lipinski definition) is 5. The van der Waals surface area contributed by atoms with Crippen molar-refractivity contribution in [3.63, 3.8) is 0 Å². The van der Waals surface area contributed by atoms with Gasteiger partial charge in [0.15, 0.2) is 0 Å². The molecule has 1 aromatic rings. The van der Waals surface area contributed by atoms with Gasteiger partial charge in [-0.25, -0.2) is 0 Å². The molecule has 0 aliphatic heterocycles. The molecule has 0 aromatic heterocycles. The lowest BCUT2D eigenvalue weighted by Crippen LogP contribution is -2.33. The van der Waals surface area contributed by atoms with Gasteiger partial charge in [-0.2, -0.15) is 0 Å². The Morgan fingerprint density at radius 1 is 1.55 bits per heavy atom. The number of nitro groups is 1. The van der Waals surface area contributed by atoms with E-state index in [9.17, 15) is 14.9 Å². The number of anilines is 1. The molecule has 1 atom stereocenters. The molecule has 4 N–H and O–H groups in total. The van der Waals surface area contributed by atoms with Crippen LogP contribution in [0, 0.1) is 17.0 Å². The molecule has 20 heavy (non-hydrogen) atoms. The number of benzene rings is 1. The minimum Gasteiger partial charge on any atom is -0.396 e. The smallest absolute Gasteiger partial charge is 0.293 e. The second-order valence-electron chi connectivity index (χ2n) is 4.74. The monoisotopic (exact) mass is 281 g/mol. The average molecular weight is 281 g/mol. The number of amides is 1. The number of nitrogen functional groups attached to an aromatic ring is 1. The molecule has 1 rings (SSSR count). The Hall–Kier alpha value is -2.15. The van der Waals surface area contributed by atoms with E-state index in [0.717, 1.165) is 0 Å². The van der Waals surface area contributed by atoms with Crippen LogP contribution < -0.4 is 11.1 Å². The van der Waals surface area contributed by atoms with Gasteiger partial charge >= 0.3 is 0 Å². The highest BCUT2D eigenvalue weighted by atomic mass is 16.6. The lowest BCUT2D eigenvalue weighted by atomic mass is 10.1. The van der Waals surface area contributed by atoms with E-state index in [2.05, 4.69) is 5.32 Å². The number of nitrogens with zero attached hydrogens (tertiary/aromatic N) is 1. The van der Waals surface area contributed by atoms with Gasteiger partial charge in [0.25, 0.3) is 11.6 Å². The predicted octanol–water partition coefficient (Wildman–Crippen LogP) is 1.38. The second-order valence-corrected chi connectivity index (χ2v) is 4.74. The first-order chi connectivity index (χ1) is 9.36. The number of rotatable bonds is 6. The summed E-state index contributed by atoms with van der Waals surface area (Å²) < 4.78 is 0. The molecule has 7 heteroatoms. The molecule has 0 saturated carbocycles. The van der Waals surface area contributed by atoms with Gasteiger partial charge in [-0.3, -0.25) is 14.9 Å². The second kappa shape index (κ2) is 6.85. The third-order valence-corrected chi connectivity index (χ3v) is 2.92. The van der Waals surface area contributed by atoms with E-state index in [1.807, 2.05) is 0 Å². The van der Waals surface area contributed by atoms with Gasteiger partial charge in [-0.1, -0.05) is 0 Å². The fourth-order valence-corrected chi connectivity index (χ4v) is 1.89. The summed E-state index contributed by atoms with van der Waals surface area (Å²) in [7, 11) is 0. The molecular weight excluding hydrogens is 262 g/mol. The van der Waals surface area contributed by atoms with Gasteiger partial charge in [0.2, 0.25) is 0 Å². The first-order valence-corrected chi connectivity index (χ1v) is 6.33. The van der Waals surface area contributed by atoms with Crippen molar-refractivity contribution in [3.05, 3.63) is 33.4 Å². The van der Waals surface area contributed by atoms with Crippen LogP contribution in [0.1, 0.15) is 35.7 Å². The number of aryl methyl sites for hydroxylation is 1. The van der Waals surface area contributed by atoms with E-state index >= 15 is 0 Å². The van der Waals surface area contributed by atoms with Crippen LogP contribution in [0.25, 0.3) is 0 Å². The van der Waals surface area contributed by atoms with Crippen LogP contribution >= 0.6 is 0 Å². The maximum absolute atomic E-state index is 12.1. The number of hydrogen-bond donors (Lipinski definition) is 3. The average Bonchev–Trinajstić information content (AvgIpc) is 2.38. The van der Waals surface area contributed by atoms with Crippen LogP contribution in [0.15, 0.2) is 12.1 Å². The first kappa shape index (κ1) is 15.9. The van der Waals surface area contributed by atoms with E-state index in [4.69, 9.17) is 10.8 Å². The Morgan fingerprint density at radius 3 is 2.75 bits per heavy atom. The zero-order valence-corrected chi connectivity index (χ0v) is 11.5. The molecule has 1 aromatic carbocycles. The number of carbonyl (C=O) groups is 1. The van der Waals surface area contributed by atoms with Crippen molar-refractivity contribution >= 4 is 17.3 Å². The van der Waals surface area contributed by atoms with Crippen LogP contribution in [0.4, 0.5) is 11.4 Å². The van der Waals surface area contributed by atoms with Crippen molar-refractivity contribution in [3.8, 4) is 0 Å². The van der Waals surface area contributed by atoms with Crippen molar-refractivity contribution in [2.75, 3.05) is 12.3 Å². The highest BCUT2D eigenvalue weighted by Gasteiger charge is 2.21. The molecular formula is C13H19N3O4. The molecule has 0 bridgehead atoms. The Morgan fingerprint density at radius 2 is 2.20 bits per heavy atom. The first-order valence-electron chi connectivity index (χ1n) is 6.33. The molecule has 0 aliphatic rings. The number of aliphatic hydroxyl groups is 1. The van der Waals surface area contributed by atoms with E-state index in [0.29, 0.717) is 18.4 Å². The van der Waals surface area contributed by atoms with Crippen molar-refractivity contribution in [1.82, 2.24) is 5.32 Å². The zero-order chi connectivity index (χ0) is 15.3. The van der Waals surface area contributed by atoms with Crippen LogP contribution in [0.2, 0.25) is 0 Å². The minimum absolute atomic E-state index is 0.0538. The minimum atomic E-state index is -0.603. The summed E-state index contributed by atoms with van der Waals surface area (Å²) in [5, 5.41) is 22.3. The van der Waals surface area contributed by atoms with Gasteiger partial charge in [0.05, 0.1) is 10.5 Å². The normalized spacial score (nSPS) is 11.9. The highest BCUT2D eigenvalue weighted by molar-refractivity contribution is 6.01. The maximum Gasteiger partial charge on any atom is 0.293 e. The lowest BCUT2D eigenvalue weighted by Gasteiger charge is -2.14. The summed E-state index contributed by atoms with van der Waals surface area (Å²) in [5.41, 5.74) is 5.99. The molecule has 1 amide bonds. The maximum atomic E-state index is 12.1. The Kier molecular flexibility index (Phi) is 5.45. The molecule has 0 heterocycles. The molecule has 0 fully saturated rings. The largest absolute Gasteiger partial charge is 0.396 e. The van der Waals surface area contributed by atoms with Gasteiger partial charge in [-0.05, 0) is 38.3 Å². The fraction of sp³-hybridized carbons (Fsp3) is 0.462. The molecule has 0 radical (unpaired) electrons. The van der Waals surface area contributed by atoms with Gasteiger partial charge in [-0.15, -0.1) is 0 Å². The summed E-state index contributed by atoms with van der Waals surface area (Å²) in [6, 6.07) is 2.71. The lowest BCUT2D eigenvalue weighted by molar-refractivity contribution is -0.384. The van der Waals surface area contributed by atoms with Crippen molar-refractivity contribution in [2.24, 2.45) is 0 Å². The van der Waals surface area contributed by atoms with Gasteiger partial charge < -0.3 is 16.2 Å². The van der Waals surface area contributed by atoms with Crippen LogP contribution in [-0.4, -0.2) is 28.6 Å². The Balaban J connectivity index is 2.96. The zero-order valence-electron chi connectivity index (χ0n) is 11.5. The molecule has 0 aliphatic carbocycles. The summed E-state index contributed by atoms with van der Waals surface area (Å²) in [6.45, 7) is 3.52. The fourth-order valence-electron chi connectivity index (χ4n) is 1.89. The summed E-state index contributed by atoms with van der Waals surface area (Å²) in [4.78, 5) is 22.4. The van der Waals surface area contributed by atoms with Gasteiger partial charge in [0.1, 0.15) is 5.69 Å². The summed E-state index contributed by atoms with van der Waals surface area (Å²) in [6.07, 6.45) is 1.20. The molecule has 7 nitrogen and oxygen atoms in total. The van der Waals surface area contributed by atoms with Crippen molar-refractivity contribution in [1.29, 1.82) is 0 Å². The summed E-state index contributed by atoms with van der Waals surface area (Å²) >= 11 is 0.